The van der Waals surface area contributed by atoms with Crippen LogP contribution in [0.1, 0.15) is 59.1 Å². The van der Waals surface area contributed by atoms with Crippen molar-refractivity contribution in [1.29, 1.82) is 0 Å². The SMILES string of the molecule is CC(=O)NCc1cnc(C)nc1C1CCCN1C(=O)c1ncoc1C. The third kappa shape index (κ3) is 3.52. The summed E-state index contributed by atoms with van der Waals surface area (Å²) >= 11 is 0. The second-order valence-corrected chi connectivity index (χ2v) is 6.15. The molecule has 132 valence electrons. The number of oxazole rings is 1. The Morgan fingerprint density at radius 1 is 1.36 bits per heavy atom. The lowest BCUT2D eigenvalue weighted by Crippen LogP contribution is -2.33. The summed E-state index contributed by atoms with van der Waals surface area (Å²) < 4.78 is 5.16. The number of nitrogens with one attached hydrogen (secondary N) is 1. The van der Waals surface area contributed by atoms with Crippen molar-refractivity contribution in [3.63, 3.8) is 0 Å². The monoisotopic (exact) mass is 343 g/mol. The molecule has 1 saturated heterocycles. The predicted molar refractivity (Wildman–Crippen MR) is 88.5 cm³/mol. The first-order valence-corrected chi connectivity index (χ1v) is 8.25. The highest BCUT2D eigenvalue weighted by Crippen LogP contribution is 2.34. The predicted octanol–water partition coefficient (Wildman–Crippen LogP) is 1.69. The van der Waals surface area contributed by atoms with Gasteiger partial charge in [-0.2, -0.15) is 0 Å². The maximum absolute atomic E-state index is 12.9. The number of aryl methyl sites for hydroxylation is 2. The number of hydrogen-bond acceptors (Lipinski definition) is 6. The standard InChI is InChI=1S/C17H21N5O3/c1-10-15(20-9-25-10)17(24)22-6-4-5-14(22)16-13(8-19-12(3)23)7-18-11(2)21-16/h7,9,14H,4-6,8H2,1-3H3,(H,19,23). The van der Waals surface area contributed by atoms with E-state index in [1.54, 1.807) is 18.0 Å². The minimum absolute atomic E-state index is 0.121. The Morgan fingerprint density at radius 3 is 2.84 bits per heavy atom. The Hall–Kier alpha value is -2.77. The summed E-state index contributed by atoms with van der Waals surface area (Å²) in [5.74, 6) is 0.867. The quantitative estimate of drug-likeness (QED) is 0.906. The first-order chi connectivity index (χ1) is 12.0. The highest BCUT2D eigenvalue weighted by Gasteiger charge is 2.34. The molecular weight excluding hydrogens is 322 g/mol. The van der Waals surface area contributed by atoms with E-state index in [1.807, 2.05) is 6.92 Å². The molecule has 3 heterocycles. The molecule has 8 nitrogen and oxygen atoms in total. The summed E-state index contributed by atoms with van der Waals surface area (Å²) in [5, 5.41) is 2.78. The summed E-state index contributed by atoms with van der Waals surface area (Å²) in [4.78, 5) is 38.7. The number of nitrogens with zero attached hydrogens (tertiary/aromatic N) is 4. The van der Waals surface area contributed by atoms with Gasteiger partial charge in [0.15, 0.2) is 12.1 Å². The summed E-state index contributed by atoms with van der Waals surface area (Å²) in [6.45, 7) is 5.98. The molecule has 1 aliphatic rings. The molecular formula is C17H21N5O3. The van der Waals surface area contributed by atoms with E-state index in [0.29, 0.717) is 30.4 Å². The maximum atomic E-state index is 12.9. The molecule has 2 aromatic rings. The highest BCUT2D eigenvalue weighted by atomic mass is 16.3. The Morgan fingerprint density at radius 2 is 2.16 bits per heavy atom. The van der Waals surface area contributed by atoms with Crippen molar-refractivity contribution in [3.05, 3.63) is 41.1 Å². The highest BCUT2D eigenvalue weighted by molar-refractivity contribution is 5.93. The normalized spacial score (nSPS) is 16.9. The van der Waals surface area contributed by atoms with Gasteiger partial charge in [0.1, 0.15) is 11.6 Å². The van der Waals surface area contributed by atoms with Gasteiger partial charge in [0.25, 0.3) is 5.91 Å². The Bertz CT molecular complexity index is 801. The van der Waals surface area contributed by atoms with Crippen LogP contribution in [0.15, 0.2) is 17.0 Å². The number of likely N-dealkylation sites (tertiary alicyclic amines) is 1. The fourth-order valence-electron chi connectivity index (χ4n) is 3.10. The van der Waals surface area contributed by atoms with Crippen LogP contribution in [0.4, 0.5) is 0 Å². The Kier molecular flexibility index (Phi) is 4.78. The fraction of sp³-hybridized carbons (Fsp3) is 0.471. The van der Waals surface area contributed by atoms with Crippen LogP contribution in [0.3, 0.4) is 0 Å². The summed E-state index contributed by atoms with van der Waals surface area (Å²) in [6, 6.07) is -0.158. The van der Waals surface area contributed by atoms with Crippen LogP contribution in [0, 0.1) is 13.8 Å². The number of carbonyl (C=O) groups is 2. The average molecular weight is 343 g/mol. The van der Waals surface area contributed by atoms with Crippen LogP contribution in [0.5, 0.6) is 0 Å². The van der Waals surface area contributed by atoms with Gasteiger partial charge in [-0.3, -0.25) is 9.59 Å². The van der Waals surface area contributed by atoms with Gasteiger partial charge in [-0.15, -0.1) is 0 Å². The fourth-order valence-corrected chi connectivity index (χ4v) is 3.10. The van der Waals surface area contributed by atoms with Gasteiger partial charge in [-0.1, -0.05) is 0 Å². The van der Waals surface area contributed by atoms with Gasteiger partial charge < -0.3 is 14.6 Å². The second-order valence-electron chi connectivity index (χ2n) is 6.15. The molecule has 0 spiro atoms. The van der Waals surface area contributed by atoms with Crippen LogP contribution in [0.2, 0.25) is 0 Å². The van der Waals surface area contributed by atoms with Crippen LogP contribution >= 0.6 is 0 Å². The Balaban J connectivity index is 1.91. The van der Waals surface area contributed by atoms with Crippen molar-refractivity contribution in [2.75, 3.05) is 6.54 Å². The van der Waals surface area contributed by atoms with Crippen molar-refractivity contribution in [2.24, 2.45) is 0 Å². The van der Waals surface area contributed by atoms with Crippen LogP contribution in [0.25, 0.3) is 0 Å². The van der Waals surface area contributed by atoms with Crippen molar-refractivity contribution < 1.29 is 14.0 Å². The van der Waals surface area contributed by atoms with E-state index in [0.717, 1.165) is 24.1 Å². The topological polar surface area (TPSA) is 101 Å². The van der Waals surface area contributed by atoms with Gasteiger partial charge in [-0.25, -0.2) is 15.0 Å². The summed E-state index contributed by atoms with van der Waals surface area (Å²) in [6.07, 6.45) is 4.70. The van der Waals surface area contributed by atoms with Gasteiger partial charge in [0, 0.05) is 31.8 Å². The summed E-state index contributed by atoms with van der Waals surface area (Å²) in [7, 11) is 0. The van der Waals surface area contributed by atoms with Gasteiger partial charge in [0.2, 0.25) is 5.91 Å². The first-order valence-electron chi connectivity index (χ1n) is 8.25. The van der Waals surface area contributed by atoms with Crippen LogP contribution in [-0.4, -0.2) is 38.2 Å². The van der Waals surface area contributed by atoms with Crippen molar-refractivity contribution in [2.45, 2.75) is 46.2 Å². The van der Waals surface area contributed by atoms with E-state index >= 15 is 0 Å². The first kappa shape index (κ1) is 17.1. The average Bonchev–Trinajstić information content (AvgIpc) is 3.21. The largest absolute Gasteiger partial charge is 0.448 e. The smallest absolute Gasteiger partial charge is 0.276 e. The van der Waals surface area contributed by atoms with Crippen molar-refractivity contribution >= 4 is 11.8 Å². The van der Waals surface area contributed by atoms with E-state index < -0.39 is 0 Å². The van der Waals surface area contributed by atoms with Gasteiger partial charge >= 0.3 is 0 Å². The molecule has 8 heteroatoms. The van der Waals surface area contributed by atoms with Crippen molar-refractivity contribution in [3.8, 4) is 0 Å². The van der Waals surface area contributed by atoms with Crippen LogP contribution < -0.4 is 5.32 Å². The molecule has 0 radical (unpaired) electrons. The lowest BCUT2D eigenvalue weighted by atomic mass is 10.1. The molecule has 1 N–H and O–H groups in total. The third-order valence-corrected chi connectivity index (χ3v) is 4.32. The molecule has 0 saturated carbocycles. The Labute approximate surface area is 145 Å². The number of carbonyl (C=O) groups excluding carboxylic acids is 2. The minimum Gasteiger partial charge on any atom is -0.448 e. The second kappa shape index (κ2) is 7.00. The molecule has 1 unspecified atom stereocenters. The van der Waals surface area contributed by atoms with E-state index in [2.05, 4.69) is 20.3 Å². The summed E-state index contributed by atoms with van der Waals surface area (Å²) in [5.41, 5.74) is 1.94. The van der Waals surface area contributed by atoms with E-state index in [4.69, 9.17) is 4.42 Å². The minimum atomic E-state index is -0.158. The maximum Gasteiger partial charge on any atom is 0.276 e. The molecule has 2 aromatic heterocycles. The molecule has 0 aromatic carbocycles. The molecule has 1 atom stereocenters. The third-order valence-electron chi connectivity index (χ3n) is 4.32. The zero-order valence-corrected chi connectivity index (χ0v) is 14.6. The number of aromatic nitrogens is 3. The van der Waals surface area contributed by atoms with E-state index in [9.17, 15) is 9.59 Å². The molecule has 0 bridgehead atoms. The molecule has 2 amide bonds. The lowest BCUT2D eigenvalue weighted by molar-refractivity contribution is -0.119. The zero-order valence-electron chi connectivity index (χ0n) is 14.6. The zero-order chi connectivity index (χ0) is 18.0. The molecule has 1 fully saturated rings. The van der Waals surface area contributed by atoms with Crippen LogP contribution in [-0.2, 0) is 11.3 Å². The number of amides is 2. The molecule has 0 aliphatic carbocycles. The van der Waals surface area contributed by atoms with Gasteiger partial charge in [-0.05, 0) is 26.7 Å². The molecule has 25 heavy (non-hydrogen) atoms. The number of rotatable bonds is 4. The van der Waals surface area contributed by atoms with Gasteiger partial charge in [0.05, 0.1) is 11.7 Å². The lowest BCUT2D eigenvalue weighted by Gasteiger charge is -2.25. The van der Waals surface area contributed by atoms with E-state index in [1.165, 1.54) is 13.3 Å². The number of hydrogen-bond donors (Lipinski definition) is 1. The molecule has 3 rings (SSSR count). The molecule has 1 aliphatic heterocycles. The van der Waals surface area contributed by atoms with E-state index in [-0.39, 0.29) is 17.9 Å². The van der Waals surface area contributed by atoms with Crippen molar-refractivity contribution in [1.82, 2.24) is 25.2 Å².